The Balaban J connectivity index is 1.63. The van der Waals surface area contributed by atoms with Crippen molar-refractivity contribution in [1.29, 1.82) is 0 Å². The van der Waals surface area contributed by atoms with E-state index in [1.165, 1.54) is 0 Å². The van der Waals surface area contributed by atoms with Gasteiger partial charge in [0.2, 0.25) is 5.91 Å². The molecule has 1 unspecified atom stereocenters. The third kappa shape index (κ3) is 6.45. The van der Waals surface area contributed by atoms with Gasteiger partial charge in [0.05, 0.1) is 10.7 Å². The lowest BCUT2D eigenvalue weighted by atomic mass is 9.89. The van der Waals surface area contributed by atoms with Gasteiger partial charge in [-0.25, -0.2) is 9.59 Å². The smallest absolute Gasteiger partial charge is 0.349 e. The highest BCUT2D eigenvalue weighted by Crippen LogP contribution is 2.42. The molecule has 1 aromatic heterocycles. The van der Waals surface area contributed by atoms with Crippen LogP contribution in [0.2, 0.25) is 5.02 Å². The number of halogens is 1. The van der Waals surface area contributed by atoms with Crippen molar-refractivity contribution in [3.05, 3.63) is 64.0 Å². The first-order valence-corrected chi connectivity index (χ1v) is 13.3. The summed E-state index contributed by atoms with van der Waals surface area (Å²) in [5.41, 5.74) is 2.49. The third-order valence-corrected chi connectivity index (χ3v) is 7.98. The van der Waals surface area contributed by atoms with Crippen molar-refractivity contribution in [3.8, 4) is 16.2 Å². The summed E-state index contributed by atoms with van der Waals surface area (Å²) in [5.74, 6) is -2.45. The minimum absolute atomic E-state index is 0.0463. The molecule has 0 radical (unpaired) electrons. The van der Waals surface area contributed by atoms with Crippen molar-refractivity contribution in [2.24, 2.45) is 5.92 Å². The average Bonchev–Trinajstić information content (AvgIpc) is 3.24. The maximum Gasteiger partial charge on any atom is 0.349 e. The minimum atomic E-state index is -1.20. The molecule has 2 aromatic carbocycles. The minimum Gasteiger partial charge on any atom is -0.480 e. The maximum absolute atomic E-state index is 13.4. The van der Waals surface area contributed by atoms with E-state index >= 15 is 0 Å². The lowest BCUT2D eigenvalue weighted by molar-refractivity contribution is -0.139. The maximum atomic E-state index is 13.4. The van der Waals surface area contributed by atoms with Gasteiger partial charge in [-0.05, 0) is 68.6 Å². The number of carboxylic acid groups (broad SMARTS) is 2. The van der Waals surface area contributed by atoms with Crippen molar-refractivity contribution in [2.45, 2.75) is 25.8 Å². The second-order valence-corrected chi connectivity index (χ2v) is 10.4. The largest absolute Gasteiger partial charge is 0.480 e. The first kappa shape index (κ1) is 27.4. The number of thiophene rings is 1. The predicted molar refractivity (Wildman–Crippen MR) is 148 cm³/mol. The SMILES string of the molecule is Cc1c(-c2cccc(NC(C(=O)Nc3ccccc3Cl)C3CCNCC3)c2)sc(C(=O)O)c1OCC(=O)O. The molecular weight excluding hydrogens is 530 g/mol. The second kappa shape index (κ2) is 12.3. The Bertz CT molecular complexity index is 1340. The van der Waals surface area contributed by atoms with Gasteiger partial charge in [0.15, 0.2) is 11.5 Å². The summed E-state index contributed by atoms with van der Waals surface area (Å²) in [6, 6.07) is 13.9. The number of carbonyl (C=O) groups excluding carboxylic acids is 1. The van der Waals surface area contributed by atoms with Crippen molar-refractivity contribution in [2.75, 3.05) is 30.3 Å². The van der Waals surface area contributed by atoms with Crippen LogP contribution >= 0.6 is 22.9 Å². The number of carboxylic acids is 2. The van der Waals surface area contributed by atoms with Gasteiger partial charge in [0.1, 0.15) is 11.8 Å². The van der Waals surface area contributed by atoms with Crippen molar-refractivity contribution < 1.29 is 29.3 Å². The van der Waals surface area contributed by atoms with Crippen LogP contribution in [0.25, 0.3) is 10.4 Å². The van der Waals surface area contributed by atoms with Crippen molar-refractivity contribution in [3.63, 3.8) is 0 Å². The fourth-order valence-corrected chi connectivity index (χ4v) is 5.77. The van der Waals surface area contributed by atoms with Crippen LogP contribution < -0.4 is 20.7 Å². The van der Waals surface area contributed by atoms with Crippen LogP contribution in [-0.4, -0.2) is 53.8 Å². The number of aliphatic carboxylic acids is 1. The lowest BCUT2D eigenvalue weighted by Crippen LogP contribution is -2.45. The number of carbonyl (C=O) groups is 3. The Morgan fingerprint density at radius 3 is 2.55 bits per heavy atom. The van der Waals surface area contributed by atoms with Crippen LogP contribution in [0.3, 0.4) is 0 Å². The Morgan fingerprint density at radius 1 is 1.13 bits per heavy atom. The van der Waals surface area contributed by atoms with Crippen LogP contribution in [0.15, 0.2) is 48.5 Å². The zero-order valence-electron chi connectivity index (χ0n) is 20.6. The highest BCUT2D eigenvalue weighted by molar-refractivity contribution is 7.18. The molecule has 1 amide bonds. The van der Waals surface area contributed by atoms with E-state index in [0.29, 0.717) is 26.8 Å². The number of hydrogen-bond donors (Lipinski definition) is 5. The molecule has 38 heavy (non-hydrogen) atoms. The number of ether oxygens (including phenoxy) is 1. The Hall–Kier alpha value is -3.60. The number of benzene rings is 2. The molecule has 1 fully saturated rings. The second-order valence-electron chi connectivity index (χ2n) is 8.96. The molecule has 0 saturated carbocycles. The molecule has 0 bridgehead atoms. The summed E-state index contributed by atoms with van der Waals surface area (Å²) in [6.45, 7) is 2.68. The van der Waals surface area contributed by atoms with Crippen molar-refractivity contribution in [1.82, 2.24) is 5.32 Å². The summed E-state index contributed by atoms with van der Waals surface area (Å²) in [6.07, 6.45) is 1.65. The zero-order chi connectivity index (χ0) is 27.2. The molecule has 0 spiro atoms. The molecule has 5 N–H and O–H groups in total. The number of aromatic carboxylic acids is 1. The summed E-state index contributed by atoms with van der Waals surface area (Å²) in [4.78, 5) is 36.8. The lowest BCUT2D eigenvalue weighted by Gasteiger charge is -2.31. The van der Waals surface area contributed by atoms with Crippen molar-refractivity contribution >= 4 is 52.2 Å². The quantitative estimate of drug-likeness (QED) is 0.236. The standard InChI is InChI=1S/C27H28ClN3O6S/c1-15-23(37-14-21(32)33)25(27(35)36)38-24(15)17-5-4-6-18(13-17)30-22(16-9-11-29-12-10-16)26(34)31-20-8-3-2-7-19(20)28/h2-8,13,16,22,29-30H,9-12,14H2,1H3,(H,31,34)(H,32,33)(H,35,36). The Labute approximate surface area is 228 Å². The van der Waals surface area contributed by atoms with Gasteiger partial charge in [-0.15, -0.1) is 11.3 Å². The van der Waals surface area contributed by atoms with Crippen LogP contribution in [0.5, 0.6) is 5.75 Å². The number of rotatable bonds is 10. The predicted octanol–water partition coefficient (Wildman–Crippen LogP) is 4.96. The summed E-state index contributed by atoms with van der Waals surface area (Å²) in [7, 11) is 0. The van der Waals surface area contributed by atoms with E-state index in [2.05, 4.69) is 16.0 Å². The molecule has 0 aliphatic carbocycles. The van der Waals surface area contributed by atoms with Gasteiger partial charge in [0, 0.05) is 16.1 Å². The topological polar surface area (TPSA) is 137 Å². The molecule has 1 atom stereocenters. The van der Waals surface area contributed by atoms with Crippen LogP contribution in [0.4, 0.5) is 11.4 Å². The number of anilines is 2. The van der Waals surface area contributed by atoms with Gasteiger partial charge < -0.3 is 30.9 Å². The van der Waals surface area contributed by atoms with Crippen LogP contribution in [-0.2, 0) is 9.59 Å². The van der Waals surface area contributed by atoms with Crippen LogP contribution in [0.1, 0.15) is 28.1 Å². The normalized spacial score (nSPS) is 14.5. The van der Waals surface area contributed by atoms with Gasteiger partial charge >= 0.3 is 11.9 Å². The molecule has 1 aliphatic rings. The fraction of sp³-hybridized carbons (Fsp3) is 0.296. The molecule has 200 valence electrons. The van der Waals surface area contributed by atoms with Gasteiger partial charge in [0.25, 0.3) is 0 Å². The Morgan fingerprint density at radius 2 is 1.87 bits per heavy atom. The molecule has 11 heteroatoms. The number of piperidine rings is 1. The van der Waals surface area contributed by atoms with Gasteiger partial charge in [-0.3, -0.25) is 4.79 Å². The van der Waals surface area contributed by atoms with Gasteiger partial charge in [-0.2, -0.15) is 0 Å². The van der Waals surface area contributed by atoms with E-state index in [-0.39, 0.29) is 22.5 Å². The highest BCUT2D eigenvalue weighted by Gasteiger charge is 2.30. The summed E-state index contributed by atoms with van der Waals surface area (Å²) in [5, 5.41) is 28.8. The van der Waals surface area contributed by atoms with E-state index < -0.39 is 24.6 Å². The third-order valence-electron chi connectivity index (χ3n) is 6.34. The van der Waals surface area contributed by atoms with Gasteiger partial charge in [-0.1, -0.05) is 35.9 Å². The van der Waals surface area contributed by atoms with E-state index in [4.69, 9.17) is 21.4 Å². The number of nitrogens with one attached hydrogen (secondary N) is 3. The highest BCUT2D eigenvalue weighted by atomic mass is 35.5. The molecule has 3 aromatic rings. The van der Waals surface area contributed by atoms with E-state index in [0.717, 1.165) is 42.8 Å². The number of hydrogen-bond acceptors (Lipinski definition) is 7. The average molecular weight is 558 g/mol. The fourth-order valence-electron chi connectivity index (χ4n) is 4.50. The molecule has 2 heterocycles. The first-order chi connectivity index (χ1) is 18.2. The van der Waals surface area contributed by atoms with E-state index in [1.54, 1.807) is 31.2 Å². The molecule has 1 aliphatic heterocycles. The monoisotopic (exact) mass is 557 g/mol. The zero-order valence-corrected chi connectivity index (χ0v) is 22.2. The Kier molecular flexibility index (Phi) is 8.88. The molecule has 1 saturated heterocycles. The first-order valence-electron chi connectivity index (χ1n) is 12.1. The molecule has 4 rings (SSSR count). The van der Waals surface area contributed by atoms with Crippen LogP contribution in [0, 0.1) is 12.8 Å². The molecule has 9 nitrogen and oxygen atoms in total. The number of para-hydroxylation sites is 1. The van der Waals surface area contributed by atoms with E-state index in [1.807, 2.05) is 24.3 Å². The molecular formula is C27H28ClN3O6S. The number of amides is 1. The summed E-state index contributed by atoms with van der Waals surface area (Å²) >= 11 is 7.29. The summed E-state index contributed by atoms with van der Waals surface area (Å²) < 4.78 is 5.31. The van der Waals surface area contributed by atoms with E-state index in [9.17, 15) is 19.5 Å².